The molecule has 1 saturated heterocycles. The molecule has 1 aromatic rings. The van der Waals surface area contributed by atoms with Crippen molar-refractivity contribution in [2.75, 3.05) is 25.0 Å². The highest BCUT2D eigenvalue weighted by molar-refractivity contribution is 5.81. The molecule has 0 radical (unpaired) electrons. The number of benzene rings is 1. The number of nitrogens with one attached hydrogen (secondary N) is 1. The third kappa shape index (κ3) is 3.47. The molecule has 0 aromatic heterocycles. The zero-order valence-electron chi connectivity index (χ0n) is 11.4. The Bertz CT molecular complexity index is 516. The quantitative estimate of drug-likeness (QED) is 0.922. The van der Waals surface area contributed by atoms with Crippen LogP contribution in [0.25, 0.3) is 0 Å². The first-order valence-corrected chi connectivity index (χ1v) is 6.92. The van der Waals surface area contributed by atoms with E-state index >= 15 is 0 Å². The van der Waals surface area contributed by atoms with Gasteiger partial charge in [0.1, 0.15) is 17.4 Å². The molecule has 0 bridgehead atoms. The number of likely N-dealkylation sites (tertiary alicyclic amines) is 1. The molecule has 0 spiro atoms. The van der Waals surface area contributed by atoms with Gasteiger partial charge in [0, 0.05) is 13.1 Å². The Labute approximate surface area is 118 Å². The first kappa shape index (κ1) is 14.3. The number of nitrogens with zero attached hydrogens (tertiary/aromatic N) is 2. The van der Waals surface area contributed by atoms with Gasteiger partial charge in [0.05, 0.1) is 12.2 Å². The van der Waals surface area contributed by atoms with E-state index in [0.717, 1.165) is 25.9 Å². The summed E-state index contributed by atoms with van der Waals surface area (Å²) in [5.41, 5.74) is 0.326. The van der Waals surface area contributed by atoms with Gasteiger partial charge in [0.15, 0.2) is 0 Å². The maximum Gasteiger partial charge on any atom is 0.241 e. The zero-order valence-corrected chi connectivity index (χ0v) is 11.4. The summed E-state index contributed by atoms with van der Waals surface area (Å²) < 4.78 is 13.4. The Morgan fingerprint density at radius 1 is 1.30 bits per heavy atom. The van der Waals surface area contributed by atoms with Crippen LogP contribution >= 0.6 is 0 Å². The fourth-order valence-corrected chi connectivity index (χ4v) is 2.39. The molecule has 1 fully saturated rings. The van der Waals surface area contributed by atoms with Crippen molar-refractivity contribution in [1.82, 2.24) is 4.90 Å². The van der Waals surface area contributed by atoms with E-state index in [1.165, 1.54) is 25.0 Å². The van der Waals surface area contributed by atoms with Gasteiger partial charge in [-0.2, -0.15) is 5.26 Å². The van der Waals surface area contributed by atoms with Gasteiger partial charge in [-0.1, -0.05) is 18.9 Å². The Balaban J connectivity index is 1.96. The van der Waals surface area contributed by atoms with Gasteiger partial charge in [0.2, 0.25) is 5.91 Å². The lowest BCUT2D eigenvalue weighted by Gasteiger charge is -2.20. The number of hydrogen-bond acceptors (Lipinski definition) is 3. The molecule has 1 N–H and O–H groups in total. The van der Waals surface area contributed by atoms with Gasteiger partial charge in [-0.15, -0.1) is 0 Å². The van der Waals surface area contributed by atoms with Crippen LogP contribution in [0.5, 0.6) is 0 Å². The Morgan fingerprint density at radius 3 is 2.65 bits per heavy atom. The summed E-state index contributed by atoms with van der Waals surface area (Å²) in [5.74, 6) is -0.570. The Kier molecular flexibility index (Phi) is 4.94. The third-order valence-corrected chi connectivity index (χ3v) is 3.51. The summed E-state index contributed by atoms with van der Waals surface area (Å²) in [4.78, 5) is 13.9. The summed E-state index contributed by atoms with van der Waals surface area (Å²) in [6.45, 7) is 1.67. The fraction of sp³-hybridized carbons (Fsp3) is 0.467. The lowest BCUT2D eigenvalue weighted by molar-refractivity contribution is -0.129. The van der Waals surface area contributed by atoms with E-state index in [-0.39, 0.29) is 18.0 Å². The number of nitriles is 1. The van der Waals surface area contributed by atoms with Crippen molar-refractivity contribution >= 4 is 11.6 Å². The molecule has 1 aliphatic rings. The largest absolute Gasteiger partial charge is 0.375 e. The second-order valence-corrected chi connectivity index (χ2v) is 4.92. The maximum atomic E-state index is 13.4. The molecule has 1 amide bonds. The van der Waals surface area contributed by atoms with E-state index in [0.29, 0.717) is 5.69 Å². The number of hydrogen-bond donors (Lipinski definition) is 1. The minimum absolute atomic E-state index is 0.0000472. The predicted molar refractivity (Wildman–Crippen MR) is 74.7 cm³/mol. The van der Waals surface area contributed by atoms with Crippen molar-refractivity contribution < 1.29 is 9.18 Å². The summed E-state index contributed by atoms with van der Waals surface area (Å²) in [7, 11) is 0. The van der Waals surface area contributed by atoms with Gasteiger partial charge in [-0.3, -0.25) is 4.79 Å². The zero-order chi connectivity index (χ0) is 14.4. The summed E-state index contributed by atoms with van der Waals surface area (Å²) in [5, 5.41) is 11.8. The van der Waals surface area contributed by atoms with Crippen molar-refractivity contribution in [2.45, 2.75) is 25.7 Å². The van der Waals surface area contributed by atoms with Gasteiger partial charge < -0.3 is 10.2 Å². The SMILES string of the molecule is N#Cc1c(F)cccc1NCC(=O)N1CCCCCC1. The van der Waals surface area contributed by atoms with E-state index in [1.54, 1.807) is 6.07 Å². The minimum Gasteiger partial charge on any atom is -0.375 e. The molecular formula is C15H18FN3O. The number of halogens is 1. The van der Waals surface area contributed by atoms with Crippen LogP contribution in [0.2, 0.25) is 0 Å². The summed E-state index contributed by atoms with van der Waals surface area (Å²) in [6.07, 6.45) is 4.41. The summed E-state index contributed by atoms with van der Waals surface area (Å²) in [6, 6.07) is 6.18. The van der Waals surface area contributed by atoms with E-state index in [4.69, 9.17) is 5.26 Å². The van der Waals surface area contributed by atoms with Crippen LogP contribution < -0.4 is 5.32 Å². The monoisotopic (exact) mass is 275 g/mol. The van der Waals surface area contributed by atoms with Crippen LogP contribution in [-0.2, 0) is 4.79 Å². The predicted octanol–water partition coefficient (Wildman–Crippen LogP) is 2.51. The minimum atomic E-state index is -0.570. The lowest BCUT2D eigenvalue weighted by atomic mass is 10.2. The van der Waals surface area contributed by atoms with Crippen molar-refractivity contribution in [3.8, 4) is 6.07 Å². The highest BCUT2D eigenvalue weighted by Gasteiger charge is 2.16. The van der Waals surface area contributed by atoms with Gasteiger partial charge in [-0.25, -0.2) is 4.39 Å². The third-order valence-electron chi connectivity index (χ3n) is 3.51. The van der Waals surface area contributed by atoms with Crippen molar-refractivity contribution in [3.63, 3.8) is 0 Å². The first-order valence-electron chi connectivity index (χ1n) is 6.92. The van der Waals surface area contributed by atoms with E-state index in [1.807, 2.05) is 11.0 Å². The van der Waals surface area contributed by atoms with Crippen LogP contribution in [-0.4, -0.2) is 30.4 Å². The average Bonchev–Trinajstić information content (AvgIpc) is 2.74. The number of amides is 1. The highest BCUT2D eigenvalue weighted by atomic mass is 19.1. The molecule has 5 heteroatoms. The molecule has 1 aromatic carbocycles. The van der Waals surface area contributed by atoms with Gasteiger partial charge in [0.25, 0.3) is 0 Å². The second kappa shape index (κ2) is 6.90. The molecule has 4 nitrogen and oxygen atoms in total. The number of carbonyl (C=O) groups excluding carboxylic acids is 1. The maximum absolute atomic E-state index is 13.4. The highest BCUT2D eigenvalue weighted by Crippen LogP contribution is 2.17. The number of anilines is 1. The normalized spacial score (nSPS) is 15.3. The van der Waals surface area contributed by atoms with Gasteiger partial charge in [-0.05, 0) is 25.0 Å². The smallest absolute Gasteiger partial charge is 0.241 e. The Hall–Kier alpha value is -2.09. The van der Waals surface area contributed by atoms with Crippen LogP contribution in [0.4, 0.5) is 10.1 Å². The van der Waals surface area contributed by atoms with Crippen LogP contribution in [0.1, 0.15) is 31.2 Å². The molecular weight excluding hydrogens is 257 g/mol. The number of carbonyl (C=O) groups is 1. The average molecular weight is 275 g/mol. The number of rotatable bonds is 3. The van der Waals surface area contributed by atoms with Crippen LogP contribution in [0, 0.1) is 17.1 Å². The molecule has 2 rings (SSSR count). The van der Waals surface area contributed by atoms with Crippen LogP contribution in [0.15, 0.2) is 18.2 Å². The molecule has 0 saturated carbocycles. The Morgan fingerprint density at radius 2 is 2.00 bits per heavy atom. The van der Waals surface area contributed by atoms with Gasteiger partial charge >= 0.3 is 0 Å². The molecule has 0 atom stereocenters. The molecule has 0 aliphatic carbocycles. The molecule has 1 aliphatic heterocycles. The van der Waals surface area contributed by atoms with E-state index in [2.05, 4.69) is 5.32 Å². The summed E-state index contributed by atoms with van der Waals surface area (Å²) >= 11 is 0. The van der Waals surface area contributed by atoms with Crippen LogP contribution in [0.3, 0.4) is 0 Å². The fourth-order valence-electron chi connectivity index (χ4n) is 2.39. The molecule has 0 unspecified atom stereocenters. The van der Waals surface area contributed by atoms with Crippen molar-refractivity contribution in [3.05, 3.63) is 29.6 Å². The molecule has 106 valence electrons. The molecule has 20 heavy (non-hydrogen) atoms. The van der Waals surface area contributed by atoms with E-state index in [9.17, 15) is 9.18 Å². The topological polar surface area (TPSA) is 56.1 Å². The first-order chi connectivity index (χ1) is 9.72. The van der Waals surface area contributed by atoms with Crippen molar-refractivity contribution in [1.29, 1.82) is 5.26 Å². The second-order valence-electron chi connectivity index (χ2n) is 4.92. The van der Waals surface area contributed by atoms with Crippen molar-refractivity contribution in [2.24, 2.45) is 0 Å². The lowest BCUT2D eigenvalue weighted by Crippen LogP contribution is -2.36. The molecule has 1 heterocycles. The van der Waals surface area contributed by atoms with E-state index < -0.39 is 5.82 Å². The standard InChI is InChI=1S/C15H18FN3O/c16-13-6-5-7-14(12(13)10-17)18-11-15(20)19-8-3-1-2-4-9-19/h5-7,18H,1-4,8-9,11H2.